The second kappa shape index (κ2) is 5.46. The SMILES string of the molecule is Cc1csc(CNc2nc3c(cc2C(N)=S)CCC3)n1. The lowest BCUT2D eigenvalue weighted by molar-refractivity contribution is 0.899. The van der Waals surface area contributed by atoms with Crippen molar-refractivity contribution in [2.45, 2.75) is 32.7 Å². The normalized spacial score (nSPS) is 13.2. The van der Waals surface area contributed by atoms with E-state index in [2.05, 4.69) is 16.4 Å². The zero-order chi connectivity index (χ0) is 14.1. The summed E-state index contributed by atoms with van der Waals surface area (Å²) >= 11 is 6.78. The van der Waals surface area contributed by atoms with Crippen LogP contribution in [0.4, 0.5) is 5.82 Å². The monoisotopic (exact) mass is 304 g/mol. The van der Waals surface area contributed by atoms with Crippen LogP contribution in [0, 0.1) is 6.92 Å². The van der Waals surface area contributed by atoms with E-state index >= 15 is 0 Å². The minimum absolute atomic E-state index is 0.394. The topological polar surface area (TPSA) is 63.8 Å². The van der Waals surface area contributed by atoms with E-state index in [1.54, 1.807) is 11.3 Å². The van der Waals surface area contributed by atoms with Crippen molar-refractivity contribution in [2.75, 3.05) is 5.32 Å². The quantitative estimate of drug-likeness (QED) is 0.850. The number of anilines is 1. The molecule has 0 saturated carbocycles. The van der Waals surface area contributed by atoms with Crippen molar-refractivity contribution in [1.82, 2.24) is 9.97 Å². The molecule has 0 aromatic carbocycles. The summed E-state index contributed by atoms with van der Waals surface area (Å²) in [6.07, 6.45) is 3.27. The maximum absolute atomic E-state index is 5.82. The highest BCUT2D eigenvalue weighted by molar-refractivity contribution is 7.80. The molecular formula is C14H16N4S2. The molecule has 0 saturated heterocycles. The minimum atomic E-state index is 0.394. The van der Waals surface area contributed by atoms with E-state index < -0.39 is 0 Å². The Morgan fingerprint density at radius 1 is 1.45 bits per heavy atom. The average molecular weight is 304 g/mol. The molecule has 2 aromatic heterocycles. The first kappa shape index (κ1) is 13.5. The van der Waals surface area contributed by atoms with Crippen LogP contribution in [0.5, 0.6) is 0 Å². The number of thiocarbonyl (C=S) groups is 1. The third-order valence-corrected chi connectivity index (χ3v) is 4.58. The zero-order valence-corrected chi connectivity index (χ0v) is 12.9. The number of nitrogens with two attached hydrogens (primary N) is 1. The molecule has 1 aliphatic rings. The first-order valence-corrected chi connectivity index (χ1v) is 7.90. The fourth-order valence-corrected chi connectivity index (χ4v) is 3.30. The number of thiazole rings is 1. The van der Waals surface area contributed by atoms with Crippen molar-refractivity contribution < 1.29 is 0 Å². The van der Waals surface area contributed by atoms with Gasteiger partial charge in [0.25, 0.3) is 0 Å². The van der Waals surface area contributed by atoms with Gasteiger partial charge in [0, 0.05) is 16.8 Å². The van der Waals surface area contributed by atoms with E-state index in [1.807, 2.05) is 12.3 Å². The highest BCUT2D eigenvalue weighted by Gasteiger charge is 2.17. The van der Waals surface area contributed by atoms with Gasteiger partial charge in [0.05, 0.1) is 12.1 Å². The van der Waals surface area contributed by atoms with Gasteiger partial charge >= 0.3 is 0 Å². The molecule has 2 aromatic rings. The first-order chi connectivity index (χ1) is 9.63. The Morgan fingerprint density at radius 2 is 2.30 bits per heavy atom. The Bertz CT molecular complexity index is 663. The summed E-state index contributed by atoms with van der Waals surface area (Å²) in [6, 6.07) is 2.09. The van der Waals surface area contributed by atoms with Gasteiger partial charge in [0.2, 0.25) is 0 Å². The number of hydrogen-bond donors (Lipinski definition) is 2. The van der Waals surface area contributed by atoms with Crippen LogP contribution in [0.25, 0.3) is 0 Å². The Kier molecular flexibility index (Phi) is 3.67. The highest BCUT2D eigenvalue weighted by atomic mass is 32.1. The van der Waals surface area contributed by atoms with Gasteiger partial charge in [0.15, 0.2) is 0 Å². The van der Waals surface area contributed by atoms with Gasteiger partial charge in [-0.05, 0) is 37.8 Å². The molecule has 104 valence electrons. The number of aromatic nitrogens is 2. The Morgan fingerprint density at radius 3 is 3.00 bits per heavy atom. The number of nitrogens with one attached hydrogen (secondary N) is 1. The van der Waals surface area contributed by atoms with Crippen molar-refractivity contribution in [3.05, 3.63) is 39.0 Å². The molecule has 0 fully saturated rings. The zero-order valence-electron chi connectivity index (χ0n) is 11.3. The molecule has 0 radical (unpaired) electrons. The summed E-state index contributed by atoms with van der Waals surface area (Å²) in [5.41, 5.74) is 10.2. The maximum Gasteiger partial charge on any atom is 0.136 e. The van der Waals surface area contributed by atoms with Crippen LogP contribution in [0.3, 0.4) is 0 Å². The molecule has 3 N–H and O–H groups in total. The molecule has 6 heteroatoms. The van der Waals surface area contributed by atoms with E-state index in [0.717, 1.165) is 41.3 Å². The van der Waals surface area contributed by atoms with Crippen LogP contribution in [-0.4, -0.2) is 15.0 Å². The van der Waals surface area contributed by atoms with Gasteiger partial charge in [0.1, 0.15) is 15.8 Å². The minimum Gasteiger partial charge on any atom is -0.389 e. The molecule has 0 spiro atoms. The van der Waals surface area contributed by atoms with Crippen molar-refractivity contribution in [2.24, 2.45) is 5.73 Å². The van der Waals surface area contributed by atoms with E-state index in [4.69, 9.17) is 22.9 Å². The lowest BCUT2D eigenvalue weighted by Gasteiger charge is -2.11. The van der Waals surface area contributed by atoms with Crippen LogP contribution in [0.2, 0.25) is 0 Å². The maximum atomic E-state index is 5.82. The molecule has 4 nitrogen and oxygen atoms in total. The molecule has 3 rings (SSSR count). The third-order valence-electron chi connectivity index (χ3n) is 3.39. The highest BCUT2D eigenvalue weighted by Crippen LogP contribution is 2.25. The molecular weight excluding hydrogens is 288 g/mol. The number of fused-ring (bicyclic) bond motifs is 1. The van der Waals surface area contributed by atoms with Crippen LogP contribution in [-0.2, 0) is 19.4 Å². The van der Waals surface area contributed by atoms with Gasteiger partial charge in [-0.25, -0.2) is 9.97 Å². The number of hydrogen-bond acceptors (Lipinski definition) is 5. The van der Waals surface area contributed by atoms with Crippen molar-refractivity contribution in [3.63, 3.8) is 0 Å². The second-order valence-corrected chi connectivity index (χ2v) is 6.33. The van der Waals surface area contributed by atoms with E-state index in [0.29, 0.717) is 11.5 Å². The fourth-order valence-electron chi connectivity index (χ4n) is 2.44. The third kappa shape index (κ3) is 2.66. The number of nitrogens with zero attached hydrogens (tertiary/aromatic N) is 2. The van der Waals surface area contributed by atoms with Crippen LogP contribution >= 0.6 is 23.6 Å². The van der Waals surface area contributed by atoms with E-state index in [9.17, 15) is 0 Å². The predicted octanol–water partition coefficient (Wildman–Crippen LogP) is 2.58. The lowest BCUT2D eigenvalue weighted by Crippen LogP contribution is -2.15. The summed E-state index contributed by atoms with van der Waals surface area (Å²) in [5, 5.41) is 6.41. The standard InChI is InChI=1S/C14H16N4S2/c1-8-7-20-12(17-8)6-16-14-10(13(15)19)5-9-3-2-4-11(9)18-14/h5,7H,2-4,6H2,1H3,(H2,15,19)(H,16,18). The lowest BCUT2D eigenvalue weighted by atomic mass is 10.1. The van der Waals surface area contributed by atoms with E-state index in [1.165, 1.54) is 11.3 Å². The van der Waals surface area contributed by atoms with Gasteiger partial charge in [-0.3, -0.25) is 0 Å². The van der Waals surface area contributed by atoms with Gasteiger partial charge < -0.3 is 11.1 Å². The van der Waals surface area contributed by atoms with Crippen LogP contribution in [0.15, 0.2) is 11.4 Å². The van der Waals surface area contributed by atoms with Crippen LogP contribution < -0.4 is 11.1 Å². The van der Waals surface area contributed by atoms with Crippen molar-refractivity contribution in [3.8, 4) is 0 Å². The Labute approximate surface area is 127 Å². The van der Waals surface area contributed by atoms with Crippen LogP contribution in [0.1, 0.15) is 33.9 Å². The van der Waals surface area contributed by atoms with Gasteiger partial charge in [-0.15, -0.1) is 11.3 Å². The molecule has 0 bridgehead atoms. The largest absolute Gasteiger partial charge is 0.389 e. The Hall–Kier alpha value is -1.53. The molecule has 0 unspecified atom stereocenters. The summed E-state index contributed by atoms with van der Waals surface area (Å²) in [6.45, 7) is 2.65. The van der Waals surface area contributed by atoms with Crippen molar-refractivity contribution in [1.29, 1.82) is 0 Å². The molecule has 0 atom stereocenters. The second-order valence-electron chi connectivity index (χ2n) is 4.94. The number of pyridine rings is 1. The molecule has 2 heterocycles. The number of rotatable bonds is 4. The molecule has 0 aliphatic heterocycles. The fraction of sp³-hybridized carbons (Fsp3) is 0.357. The first-order valence-electron chi connectivity index (χ1n) is 6.61. The summed E-state index contributed by atoms with van der Waals surface area (Å²) in [7, 11) is 0. The van der Waals surface area contributed by atoms with Gasteiger partial charge in [-0.1, -0.05) is 12.2 Å². The van der Waals surface area contributed by atoms with Crippen molar-refractivity contribution >= 4 is 34.4 Å². The summed E-state index contributed by atoms with van der Waals surface area (Å²) in [5.74, 6) is 0.783. The molecule has 1 aliphatic carbocycles. The molecule has 0 amide bonds. The Balaban J connectivity index is 1.86. The summed E-state index contributed by atoms with van der Waals surface area (Å²) in [4.78, 5) is 9.53. The number of aryl methyl sites for hydroxylation is 3. The average Bonchev–Trinajstić information content (AvgIpc) is 3.03. The van der Waals surface area contributed by atoms with Gasteiger partial charge in [-0.2, -0.15) is 0 Å². The predicted molar refractivity (Wildman–Crippen MR) is 86.3 cm³/mol. The molecule has 20 heavy (non-hydrogen) atoms. The smallest absolute Gasteiger partial charge is 0.136 e. The summed E-state index contributed by atoms with van der Waals surface area (Å²) < 4.78 is 0. The van der Waals surface area contributed by atoms with E-state index in [-0.39, 0.29) is 0 Å².